The van der Waals surface area contributed by atoms with Crippen molar-refractivity contribution in [2.75, 3.05) is 26.2 Å². The summed E-state index contributed by atoms with van der Waals surface area (Å²) in [4.78, 5) is 21.3. The third kappa shape index (κ3) is 4.53. The molecule has 2 heterocycles. The Morgan fingerprint density at radius 1 is 1.00 bits per heavy atom. The highest BCUT2D eigenvalue weighted by Crippen LogP contribution is 2.15. The van der Waals surface area contributed by atoms with Gasteiger partial charge in [-0.25, -0.2) is 4.98 Å². The van der Waals surface area contributed by atoms with E-state index in [2.05, 4.69) is 16.0 Å². The summed E-state index contributed by atoms with van der Waals surface area (Å²) in [5.74, 6) is 0.0856. The van der Waals surface area contributed by atoms with Gasteiger partial charge in [-0.15, -0.1) is 0 Å². The van der Waals surface area contributed by atoms with Crippen LogP contribution >= 0.6 is 0 Å². The number of nitrogens with zero attached hydrogens (tertiary/aromatic N) is 5. The number of imidazole rings is 1. The summed E-state index contributed by atoms with van der Waals surface area (Å²) in [5.41, 5.74) is 3.58. The van der Waals surface area contributed by atoms with Crippen molar-refractivity contribution in [2.24, 2.45) is 0 Å². The number of carbonyl (C=O) groups excluding carboxylic acids is 1. The SMILES string of the molecule is N#Cc1ccc(CN2CCCN(C(=O)c3ccc(-n4ccnc4)cc3)CC2)cc1. The number of aromatic nitrogens is 2. The van der Waals surface area contributed by atoms with E-state index in [1.807, 2.05) is 64.2 Å². The highest BCUT2D eigenvalue weighted by atomic mass is 16.2. The minimum Gasteiger partial charge on any atom is -0.337 e. The summed E-state index contributed by atoms with van der Waals surface area (Å²) in [6.07, 6.45) is 6.32. The van der Waals surface area contributed by atoms with E-state index in [-0.39, 0.29) is 5.91 Å². The molecule has 0 spiro atoms. The van der Waals surface area contributed by atoms with Crippen LogP contribution in [0.15, 0.2) is 67.3 Å². The van der Waals surface area contributed by atoms with Gasteiger partial charge in [0.05, 0.1) is 18.0 Å². The molecule has 1 aliphatic rings. The largest absolute Gasteiger partial charge is 0.337 e. The van der Waals surface area contributed by atoms with E-state index in [1.165, 1.54) is 5.56 Å². The van der Waals surface area contributed by atoms with Crippen LogP contribution in [0.25, 0.3) is 5.69 Å². The quantitative estimate of drug-likeness (QED) is 0.692. The number of hydrogen-bond acceptors (Lipinski definition) is 4. The second-order valence-electron chi connectivity index (χ2n) is 7.25. The Bertz CT molecular complexity index is 987. The van der Waals surface area contributed by atoms with Gasteiger partial charge >= 0.3 is 0 Å². The Morgan fingerprint density at radius 3 is 2.48 bits per heavy atom. The van der Waals surface area contributed by atoms with E-state index in [9.17, 15) is 4.79 Å². The first-order valence-corrected chi connectivity index (χ1v) is 9.82. The highest BCUT2D eigenvalue weighted by Gasteiger charge is 2.20. The molecule has 0 saturated carbocycles. The smallest absolute Gasteiger partial charge is 0.253 e. The molecule has 0 bridgehead atoms. The van der Waals surface area contributed by atoms with E-state index in [0.29, 0.717) is 5.56 Å². The first kappa shape index (κ1) is 18.9. The molecule has 1 aromatic heterocycles. The van der Waals surface area contributed by atoms with Crippen molar-refractivity contribution in [2.45, 2.75) is 13.0 Å². The standard InChI is InChI=1S/C23H23N5O/c24-16-19-2-4-20(5-3-19)17-26-11-1-12-27(15-14-26)23(29)21-6-8-22(9-7-21)28-13-10-25-18-28/h2-10,13,18H,1,11-12,14-15,17H2. The Hall–Kier alpha value is -3.43. The fourth-order valence-corrected chi connectivity index (χ4v) is 3.65. The Balaban J connectivity index is 1.36. The Labute approximate surface area is 170 Å². The summed E-state index contributed by atoms with van der Waals surface area (Å²) in [6.45, 7) is 4.14. The van der Waals surface area contributed by atoms with Crippen LogP contribution < -0.4 is 0 Å². The molecule has 1 saturated heterocycles. The van der Waals surface area contributed by atoms with E-state index in [1.54, 1.807) is 12.5 Å². The number of hydrogen-bond donors (Lipinski definition) is 0. The van der Waals surface area contributed by atoms with Gasteiger partial charge < -0.3 is 9.47 Å². The maximum Gasteiger partial charge on any atom is 0.253 e. The molecular formula is C23H23N5O. The molecule has 146 valence electrons. The summed E-state index contributed by atoms with van der Waals surface area (Å²) in [7, 11) is 0. The van der Waals surface area contributed by atoms with Crippen LogP contribution in [0, 0.1) is 11.3 Å². The number of benzene rings is 2. The topological polar surface area (TPSA) is 65.2 Å². The summed E-state index contributed by atoms with van der Waals surface area (Å²) in [5, 5.41) is 8.92. The van der Waals surface area contributed by atoms with Crippen LogP contribution in [0.2, 0.25) is 0 Å². The third-order valence-corrected chi connectivity index (χ3v) is 5.28. The maximum absolute atomic E-state index is 12.9. The van der Waals surface area contributed by atoms with Crippen LogP contribution in [0.1, 0.15) is 27.9 Å². The van der Waals surface area contributed by atoms with E-state index >= 15 is 0 Å². The van der Waals surface area contributed by atoms with Gasteiger partial charge in [0, 0.05) is 56.4 Å². The second-order valence-corrected chi connectivity index (χ2v) is 7.25. The lowest BCUT2D eigenvalue weighted by Crippen LogP contribution is -2.35. The average Bonchev–Trinajstić information content (AvgIpc) is 3.21. The number of carbonyl (C=O) groups is 1. The van der Waals surface area contributed by atoms with Crippen molar-refractivity contribution in [3.05, 3.63) is 83.9 Å². The van der Waals surface area contributed by atoms with Gasteiger partial charge in [-0.2, -0.15) is 5.26 Å². The normalized spacial score (nSPS) is 14.9. The Kier molecular flexibility index (Phi) is 5.68. The number of amides is 1. The first-order chi connectivity index (χ1) is 14.2. The van der Waals surface area contributed by atoms with Crippen molar-refractivity contribution in [3.63, 3.8) is 0 Å². The predicted molar refractivity (Wildman–Crippen MR) is 111 cm³/mol. The molecule has 2 aromatic carbocycles. The molecule has 4 rings (SSSR count). The van der Waals surface area contributed by atoms with Gasteiger partial charge in [0.2, 0.25) is 0 Å². The fourth-order valence-electron chi connectivity index (χ4n) is 3.65. The zero-order chi connectivity index (χ0) is 20.1. The second kappa shape index (κ2) is 8.72. The van der Waals surface area contributed by atoms with Crippen LogP contribution in [0.5, 0.6) is 0 Å². The summed E-state index contributed by atoms with van der Waals surface area (Å²) < 4.78 is 1.92. The van der Waals surface area contributed by atoms with Crippen molar-refractivity contribution in [1.29, 1.82) is 5.26 Å². The van der Waals surface area contributed by atoms with Gasteiger partial charge in [-0.1, -0.05) is 12.1 Å². The molecule has 3 aromatic rings. The zero-order valence-corrected chi connectivity index (χ0v) is 16.2. The lowest BCUT2D eigenvalue weighted by Gasteiger charge is -2.22. The molecule has 1 aliphatic heterocycles. The molecule has 0 unspecified atom stereocenters. The summed E-state index contributed by atoms with van der Waals surface area (Å²) >= 11 is 0. The monoisotopic (exact) mass is 385 g/mol. The van der Waals surface area contributed by atoms with Gasteiger partial charge in [0.1, 0.15) is 0 Å². The van der Waals surface area contributed by atoms with Gasteiger partial charge in [-0.05, 0) is 48.4 Å². The lowest BCUT2D eigenvalue weighted by atomic mass is 10.1. The highest BCUT2D eigenvalue weighted by molar-refractivity contribution is 5.94. The lowest BCUT2D eigenvalue weighted by molar-refractivity contribution is 0.0761. The third-order valence-electron chi connectivity index (χ3n) is 5.28. The Morgan fingerprint density at radius 2 is 1.79 bits per heavy atom. The zero-order valence-electron chi connectivity index (χ0n) is 16.2. The van der Waals surface area contributed by atoms with Crippen LogP contribution in [-0.4, -0.2) is 51.4 Å². The van der Waals surface area contributed by atoms with Crippen LogP contribution in [0.3, 0.4) is 0 Å². The minimum absolute atomic E-state index is 0.0856. The number of rotatable bonds is 4. The van der Waals surface area contributed by atoms with E-state index in [0.717, 1.165) is 50.4 Å². The van der Waals surface area contributed by atoms with Crippen LogP contribution in [-0.2, 0) is 6.54 Å². The van der Waals surface area contributed by atoms with Crippen molar-refractivity contribution in [3.8, 4) is 11.8 Å². The molecule has 1 amide bonds. The molecule has 0 N–H and O–H groups in total. The molecule has 0 atom stereocenters. The van der Waals surface area contributed by atoms with Gasteiger partial charge in [0.25, 0.3) is 5.91 Å². The molecular weight excluding hydrogens is 362 g/mol. The van der Waals surface area contributed by atoms with Crippen molar-refractivity contribution in [1.82, 2.24) is 19.4 Å². The fraction of sp³-hybridized carbons (Fsp3) is 0.261. The van der Waals surface area contributed by atoms with Crippen molar-refractivity contribution < 1.29 is 4.79 Å². The molecule has 6 nitrogen and oxygen atoms in total. The van der Waals surface area contributed by atoms with E-state index < -0.39 is 0 Å². The van der Waals surface area contributed by atoms with Crippen molar-refractivity contribution >= 4 is 5.91 Å². The molecule has 1 fully saturated rings. The first-order valence-electron chi connectivity index (χ1n) is 9.82. The molecule has 0 aliphatic carbocycles. The average molecular weight is 385 g/mol. The molecule has 0 radical (unpaired) electrons. The van der Waals surface area contributed by atoms with E-state index in [4.69, 9.17) is 5.26 Å². The molecule has 29 heavy (non-hydrogen) atoms. The summed E-state index contributed by atoms with van der Waals surface area (Å²) in [6, 6.07) is 17.6. The molecule has 6 heteroatoms. The van der Waals surface area contributed by atoms with Gasteiger partial charge in [-0.3, -0.25) is 9.69 Å². The maximum atomic E-state index is 12.9. The predicted octanol–water partition coefficient (Wildman–Crippen LogP) is 3.09. The van der Waals surface area contributed by atoms with Gasteiger partial charge in [0.15, 0.2) is 0 Å². The number of nitriles is 1. The van der Waals surface area contributed by atoms with Crippen LogP contribution in [0.4, 0.5) is 0 Å². The minimum atomic E-state index is 0.0856.